The summed E-state index contributed by atoms with van der Waals surface area (Å²) >= 11 is 1.60. The molecule has 0 saturated heterocycles. The maximum atomic E-state index is 5.73. The van der Waals surface area contributed by atoms with Gasteiger partial charge in [0.15, 0.2) is 0 Å². The fourth-order valence-electron chi connectivity index (χ4n) is 2.31. The van der Waals surface area contributed by atoms with Crippen molar-refractivity contribution in [1.82, 2.24) is 19.9 Å². The lowest BCUT2D eigenvalue weighted by Crippen LogP contribution is -2.03. The van der Waals surface area contributed by atoms with Gasteiger partial charge in [-0.25, -0.2) is 15.0 Å². The SMILES string of the molecule is CC.CNc1nc(C)nc(C)c1-c1nc2c(CN)nccc2s1. The van der Waals surface area contributed by atoms with Gasteiger partial charge in [-0.2, -0.15) is 0 Å². The average Bonchev–Trinajstić information content (AvgIpc) is 2.99. The van der Waals surface area contributed by atoms with Crippen molar-refractivity contribution in [2.24, 2.45) is 5.73 Å². The highest BCUT2D eigenvalue weighted by Crippen LogP contribution is 2.35. The van der Waals surface area contributed by atoms with Crippen LogP contribution in [0.3, 0.4) is 0 Å². The van der Waals surface area contributed by atoms with Crippen LogP contribution in [-0.2, 0) is 6.54 Å². The molecule has 0 aromatic carbocycles. The smallest absolute Gasteiger partial charge is 0.140 e. The minimum Gasteiger partial charge on any atom is -0.372 e. The van der Waals surface area contributed by atoms with E-state index in [0.29, 0.717) is 6.54 Å². The van der Waals surface area contributed by atoms with Crippen molar-refractivity contribution in [3.63, 3.8) is 0 Å². The van der Waals surface area contributed by atoms with Gasteiger partial charge in [0.25, 0.3) is 0 Å². The number of rotatable bonds is 3. The van der Waals surface area contributed by atoms with Crippen molar-refractivity contribution in [2.75, 3.05) is 12.4 Å². The Morgan fingerprint density at radius 3 is 2.57 bits per heavy atom. The van der Waals surface area contributed by atoms with Crippen LogP contribution in [0.25, 0.3) is 20.8 Å². The van der Waals surface area contributed by atoms with Crippen molar-refractivity contribution in [2.45, 2.75) is 34.2 Å². The second-order valence-corrected chi connectivity index (χ2v) is 5.69. The van der Waals surface area contributed by atoms with E-state index in [2.05, 4.69) is 20.3 Å². The van der Waals surface area contributed by atoms with Gasteiger partial charge < -0.3 is 11.1 Å². The molecular weight excluding hydrogens is 308 g/mol. The van der Waals surface area contributed by atoms with Gasteiger partial charge >= 0.3 is 0 Å². The molecule has 0 atom stereocenters. The first-order chi connectivity index (χ1) is 11.1. The summed E-state index contributed by atoms with van der Waals surface area (Å²) in [6, 6.07) is 1.96. The monoisotopic (exact) mass is 330 g/mol. The van der Waals surface area contributed by atoms with Crippen molar-refractivity contribution in [3.05, 3.63) is 29.5 Å². The first kappa shape index (κ1) is 17.2. The van der Waals surface area contributed by atoms with E-state index in [1.165, 1.54) is 0 Å². The predicted molar refractivity (Wildman–Crippen MR) is 96.7 cm³/mol. The third-order valence-electron chi connectivity index (χ3n) is 3.23. The lowest BCUT2D eigenvalue weighted by atomic mass is 10.2. The highest BCUT2D eigenvalue weighted by molar-refractivity contribution is 7.21. The summed E-state index contributed by atoms with van der Waals surface area (Å²) in [5.41, 5.74) is 9.26. The van der Waals surface area contributed by atoms with Crippen molar-refractivity contribution in [1.29, 1.82) is 0 Å². The van der Waals surface area contributed by atoms with Gasteiger partial charge in [0.1, 0.15) is 22.2 Å². The van der Waals surface area contributed by atoms with Crippen LogP contribution in [-0.4, -0.2) is 27.0 Å². The van der Waals surface area contributed by atoms with E-state index in [1.54, 1.807) is 17.5 Å². The van der Waals surface area contributed by atoms with E-state index in [1.807, 2.05) is 40.8 Å². The van der Waals surface area contributed by atoms with Crippen LogP contribution in [0.2, 0.25) is 0 Å². The number of thiazole rings is 1. The minimum atomic E-state index is 0.378. The number of aromatic nitrogens is 4. The second kappa shape index (κ2) is 7.43. The van der Waals surface area contributed by atoms with Crippen LogP contribution in [0.4, 0.5) is 5.82 Å². The number of aryl methyl sites for hydroxylation is 2. The molecule has 0 aliphatic rings. The molecular formula is C16H22N6S. The zero-order chi connectivity index (χ0) is 17.0. The third kappa shape index (κ3) is 3.30. The Morgan fingerprint density at radius 1 is 1.17 bits per heavy atom. The van der Waals surface area contributed by atoms with Crippen LogP contribution in [0.15, 0.2) is 12.3 Å². The maximum Gasteiger partial charge on any atom is 0.140 e. The molecule has 0 aliphatic carbocycles. The summed E-state index contributed by atoms with van der Waals surface area (Å²) < 4.78 is 1.07. The summed E-state index contributed by atoms with van der Waals surface area (Å²) in [6.45, 7) is 8.23. The molecule has 7 heteroatoms. The molecule has 3 aromatic heterocycles. The van der Waals surface area contributed by atoms with Gasteiger partial charge in [0.2, 0.25) is 0 Å². The first-order valence-corrected chi connectivity index (χ1v) is 8.43. The highest BCUT2D eigenvalue weighted by Gasteiger charge is 2.17. The fraction of sp³-hybridized carbons (Fsp3) is 0.375. The normalized spacial score (nSPS) is 10.3. The van der Waals surface area contributed by atoms with Gasteiger partial charge in [-0.05, 0) is 19.9 Å². The topological polar surface area (TPSA) is 89.6 Å². The number of hydrogen-bond donors (Lipinski definition) is 2. The number of nitrogens with zero attached hydrogens (tertiary/aromatic N) is 4. The molecule has 122 valence electrons. The van der Waals surface area contributed by atoms with Crippen LogP contribution in [0.1, 0.15) is 31.1 Å². The summed E-state index contributed by atoms with van der Waals surface area (Å²) in [4.78, 5) is 17.9. The molecule has 0 amide bonds. The Bertz CT molecular complexity index is 812. The van der Waals surface area contributed by atoms with Crippen molar-refractivity contribution in [3.8, 4) is 10.6 Å². The maximum absolute atomic E-state index is 5.73. The molecule has 0 aliphatic heterocycles. The molecule has 0 radical (unpaired) electrons. The lowest BCUT2D eigenvalue weighted by Gasteiger charge is -2.09. The quantitative estimate of drug-likeness (QED) is 0.766. The van der Waals surface area contributed by atoms with Crippen molar-refractivity contribution >= 4 is 27.4 Å². The molecule has 0 spiro atoms. The number of pyridine rings is 1. The molecule has 23 heavy (non-hydrogen) atoms. The van der Waals surface area contributed by atoms with Crippen LogP contribution >= 0.6 is 11.3 Å². The van der Waals surface area contributed by atoms with E-state index in [4.69, 9.17) is 10.7 Å². The summed E-state index contributed by atoms with van der Waals surface area (Å²) in [7, 11) is 1.85. The zero-order valence-electron chi connectivity index (χ0n) is 14.1. The van der Waals surface area contributed by atoms with E-state index in [9.17, 15) is 0 Å². The largest absolute Gasteiger partial charge is 0.372 e. The van der Waals surface area contributed by atoms with Gasteiger partial charge in [0, 0.05) is 19.8 Å². The van der Waals surface area contributed by atoms with E-state index < -0.39 is 0 Å². The van der Waals surface area contributed by atoms with Gasteiger partial charge in [-0.15, -0.1) is 11.3 Å². The fourth-order valence-corrected chi connectivity index (χ4v) is 3.39. The summed E-state index contributed by atoms with van der Waals surface area (Å²) in [5, 5.41) is 4.01. The predicted octanol–water partition coefficient (Wildman–Crippen LogP) is 3.29. The molecule has 0 fully saturated rings. The molecule has 3 rings (SSSR count). The van der Waals surface area contributed by atoms with Crippen LogP contribution in [0.5, 0.6) is 0 Å². The molecule has 0 bridgehead atoms. The van der Waals surface area contributed by atoms with E-state index >= 15 is 0 Å². The Hall–Kier alpha value is -2.12. The Kier molecular flexibility index (Phi) is 5.57. The average molecular weight is 330 g/mol. The van der Waals surface area contributed by atoms with Gasteiger partial charge in [0.05, 0.1) is 21.7 Å². The molecule has 3 aromatic rings. The molecule has 0 saturated carbocycles. The Balaban J connectivity index is 0.000000924. The summed E-state index contributed by atoms with van der Waals surface area (Å²) in [5.74, 6) is 1.53. The second-order valence-electron chi connectivity index (χ2n) is 4.66. The third-order valence-corrected chi connectivity index (χ3v) is 4.27. The van der Waals surface area contributed by atoms with Crippen molar-refractivity contribution < 1.29 is 0 Å². The number of nitrogens with one attached hydrogen (secondary N) is 1. The molecule has 3 heterocycles. The number of anilines is 1. The minimum absolute atomic E-state index is 0.378. The standard InChI is InChI=1S/C14H16N6S.C2H6/c1-7-11(13(16-3)19-8(2)18-7)14-20-12-9(6-15)17-5-4-10(12)21-14;1-2/h4-5H,6,15H2,1-3H3,(H,16,18,19);1-2H3. The zero-order valence-corrected chi connectivity index (χ0v) is 15.0. The van der Waals surface area contributed by atoms with Crippen LogP contribution < -0.4 is 11.1 Å². The van der Waals surface area contributed by atoms with Crippen LogP contribution in [0, 0.1) is 13.8 Å². The Labute approximate surface area is 140 Å². The Morgan fingerprint density at radius 2 is 1.91 bits per heavy atom. The molecule has 6 nitrogen and oxygen atoms in total. The first-order valence-electron chi connectivity index (χ1n) is 7.62. The lowest BCUT2D eigenvalue weighted by molar-refractivity contribution is 1.00. The molecule has 3 N–H and O–H groups in total. The number of hydrogen-bond acceptors (Lipinski definition) is 7. The van der Waals surface area contributed by atoms with E-state index in [0.717, 1.165) is 43.8 Å². The van der Waals surface area contributed by atoms with Gasteiger partial charge in [-0.3, -0.25) is 4.98 Å². The number of nitrogens with two attached hydrogens (primary N) is 1. The molecule has 0 unspecified atom stereocenters. The highest BCUT2D eigenvalue weighted by atomic mass is 32.1. The number of fused-ring (bicyclic) bond motifs is 1. The van der Waals surface area contributed by atoms with E-state index in [-0.39, 0.29) is 0 Å². The van der Waals surface area contributed by atoms with Gasteiger partial charge in [-0.1, -0.05) is 13.8 Å². The summed E-state index contributed by atoms with van der Waals surface area (Å²) in [6.07, 6.45) is 1.77.